The van der Waals surface area contributed by atoms with Crippen LogP contribution < -0.4 is 10.2 Å². The molecule has 0 radical (unpaired) electrons. The summed E-state index contributed by atoms with van der Waals surface area (Å²) >= 11 is 0. The largest absolute Gasteiger partial charge is 0.494 e. The van der Waals surface area contributed by atoms with Gasteiger partial charge in [-0.1, -0.05) is 19.9 Å². The zero-order valence-electron chi connectivity index (χ0n) is 16.8. The molecule has 2 fully saturated rings. The molecule has 6 heteroatoms. The Morgan fingerprint density at radius 1 is 1.08 bits per heavy atom. The van der Waals surface area contributed by atoms with E-state index in [1.54, 1.807) is 6.07 Å². The van der Waals surface area contributed by atoms with Crippen LogP contribution in [0.2, 0.25) is 0 Å². The van der Waals surface area contributed by atoms with Crippen molar-refractivity contribution in [2.75, 3.05) is 13.2 Å². The molecule has 0 aliphatic carbocycles. The van der Waals surface area contributed by atoms with Gasteiger partial charge in [0.25, 0.3) is 0 Å². The molecule has 2 saturated heterocycles. The molecule has 0 bridgehead atoms. The fourth-order valence-electron chi connectivity index (χ4n) is 2.84. The lowest BCUT2D eigenvalue weighted by Crippen LogP contribution is -2.41. The Labute approximate surface area is 157 Å². The Kier molecular flexibility index (Phi) is 6.73. The summed E-state index contributed by atoms with van der Waals surface area (Å²) in [5.41, 5.74) is 0.543. The highest BCUT2D eigenvalue weighted by Crippen LogP contribution is 2.36. The smallest absolute Gasteiger partial charge is 0.489 e. The van der Waals surface area contributed by atoms with Gasteiger partial charge < -0.3 is 18.8 Å². The highest BCUT2D eigenvalue weighted by molar-refractivity contribution is 6.62. The first-order valence-corrected chi connectivity index (χ1v) is 9.46. The minimum Gasteiger partial charge on any atom is -0.489 e. The molecule has 0 amide bonds. The number of nitriles is 1. The van der Waals surface area contributed by atoms with Crippen molar-refractivity contribution in [1.82, 2.24) is 0 Å². The molecule has 142 valence electrons. The zero-order valence-corrected chi connectivity index (χ0v) is 16.8. The predicted octanol–water partition coefficient (Wildman–Crippen LogP) is 3.44. The van der Waals surface area contributed by atoms with Crippen LogP contribution >= 0.6 is 0 Å². The molecule has 0 N–H and O–H groups in total. The number of ether oxygens (including phenoxy) is 2. The molecular weight excluding hydrogens is 329 g/mol. The standard InChI is InChI=1S/C18H24BNO4.C2H6/c1-17(2)18(3,4)24-19(23-17)14-5-6-16(13(11-14)12-20)22-15-7-9-21-10-8-15;1-2/h5-6,11,15H,7-10H2,1-4H3;1-2H3. The lowest BCUT2D eigenvalue weighted by molar-refractivity contribution is 0.00578. The molecule has 1 aromatic carbocycles. The molecule has 3 rings (SSSR count). The van der Waals surface area contributed by atoms with E-state index in [2.05, 4.69) is 6.07 Å². The van der Waals surface area contributed by atoms with E-state index in [0.717, 1.165) is 18.3 Å². The van der Waals surface area contributed by atoms with Crippen LogP contribution in [0.15, 0.2) is 18.2 Å². The van der Waals surface area contributed by atoms with E-state index in [1.807, 2.05) is 53.7 Å². The monoisotopic (exact) mass is 359 g/mol. The van der Waals surface area contributed by atoms with E-state index in [0.29, 0.717) is 24.5 Å². The van der Waals surface area contributed by atoms with Crippen molar-refractivity contribution in [1.29, 1.82) is 5.26 Å². The van der Waals surface area contributed by atoms with Crippen LogP contribution in [0.4, 0.5) is 0 Å². The fraction of sp³-hybridized carbons (Fsp3) is 0.650. The van der Waals surface area contributed by atoms with Gasteiger partial charge >= 0.3 is 7.12 Å². The lowest BCUT2D eigenvalue weighted by Gasteiger charge is -2.32. The normalized spacial score (nSPS) is 21.5. The van der Waals surface area contributed by atoms with Crippen LogP contribution in [-0.4, -0.2) is 37.6 Å². The Morgan fingerprint density at radius 3 is 2.19 bits per heavy atom. The lowest BCUT2D eigenvalue weighted by atomic mass is 9.78. The number of hydrogen-bond acceptors (Lipinski definition) is 5. The summed E-state index contributed by atoms with van der Waals surface area (Å²) in [5.74, 6) is 0.615. The highest BCUT2D eigenvalue weighted by atomic mass is 16.7. The van der Waals surface area contributed by atoms with Crippen molar-refractivity contribution >= 4 is 12.6 Å². The summed E-state index contributed by atoms with van der Waals surface area (Å²) in [6.45, 7) is 13.5. The van der Waals surface area contributed by atoms with Crippen molar-refractivity contribution < 1.29 is 18.8 Å². The third-order valence-electron chi connectivity index (χ3n) is 5.11. The van der Waals surface area contributed by atoms with Gasteiger partial charge in [0.05, 0.1) is 30.0 Å². The van der Waals surface area contributed by atoms with E-state index >= 15 is 0 Å². The minimum atomic E-state index is -0.473. The van der Waals surface area contributed by atoms with Gasteiger partial charge in [-0.15, -0.1) is 0 Å². The van der Waals surface area contributed by atoms with Crippen LogP contribution in [0.5, 0.6) is 5.75 Å². The molecule has 0 spiro atoms. The number of hydrogen-bond donors (Lipinski definition) is 0. The van der Waals surface area contributed by atoms with Crippen LogP contribution in [0.3, 0.4) is 0 Å². The van der Waals surface area contributed by atoms with Crippen LogP contribution in [0.1, 0.15) is 59.9 Å². The van der Waals surface area contributed by atoms with E-state index in [4.69, 9.17) is 18.8 Å². The first kappa shape index (κ1) is 20.8. The summed E-state index contributed by atoms with van der Waals surface area (Å²) in [4.78, 5) is 0. The second kappa shape index (κ2) is 8.43. The third-order valence-corrected chi connectivity index (χ3v) is 5.11. The molecule has 1 aromatic rings. The first-order valence-electron chi connectivity index (χ1n) is 9.46. The second-order valence-electron chi connectivity index (χ2n) is 7.39. The van der Waals surface area contributed by atoms with E-state index in [1.165, 1.54) is 0 Å². The summed E-state index contributed by atoms with van der Waals surface area (Å²) < 4.78 is 23.4. The Balaban J connectivity index is 0.00000117. The second-order valence-corrected chi connectivity index (χ2v) is 7.39. The number of rotatable bonds is 3. The summed E-state index contributed by atoms with van der Waals surface area (Å²) in [7, 11) is -0.473. The van der Waals surface area contributed by atoms with Crippen LogP contribution in [0.25, 0.3) is 0 Å². The molecule has 0 saturated carbocycles. The first-order chi connectivity index (χ1) is 12.3. The SMILES string of the molecule is CC.CC1(C)OB(c2ccc(OC3CCOCC3)c(C#N)c2)OC1(C)C. The van der Waals surface area contributed by atoms with Crippen LogP contribution in [-0.2, 0) is 14.0 Å². The molecule has 0 unspecified atom stereocenters. The molecule has 0 aromatic heterocycles. The van der Waals surface area contributed by atoms with Crippen molar-refractivity contribution in [3.63, 3.8) is 0 Å². The number of benzene rings is 1. The topological polar surface area (TPSA) is 60.7 Å². The molecular formula is C20H30BNO4. The average molecular weight is 359 g/mol. The van der Waals surface area contributed by atoms with Crippen molar-refractivity contribution in [2.45, 2.75) is 71.7 Å². The summed E-state index contributed by atoms with van der Waals surface area (Å²) in [6.07, 6.45) is 1.81. The van der Waals surface area contributed by atoms with Gasteiger partial charge in [-0.25, -0.2) is 0 Å². The van der Waals surface area contributed by atoms with Crippen molar-refractivity contribution in [3.8, 4) is 11.8 Å². The van der Waals surface area contributed by atoms with E-state index in [9.17, 15) is 5.26 Å². The van der Waals surface area contributed by atoms with Gasteiger partial charge in [0.1, 0.15) is 17.9 Å². The third kappa shape index (κ3) is 4.40. The summed E-state index contributed by atoms with van der Waals surface area (Å²) in [5, 5.41) is 9.48. The van der Waals surface area contributed by atoms with Crippen molar-refractivity contribution in [3.05, 3.63) is 23.8 Å². The Hall–Kier alpha value is -1.55. The molecule has 0 atom stereocenters. The van der Waals surface area contributed by atoms with Gasteiger partial charge in [0.2, 0.25) is 0 Å². The fourth-order valence-corrected chi connectivity index (χ4v) is 2.84. The van der Waals surface area contributed by atoms with Gasteiger partial charge in [0, 0.05) is 12.8 Å². The zero-order chi connectivity index (χ0) is 19.4. The Bertz CT molecular complexity index is 632. The van der Waals surface area contributed by atoms with E-state index in [-0.39, 0.29) is 6.10 Å². The van der Waals surface area contributed by atoms with Gasteiger partial charge in [0.15, 0.2) is 0 Å². The maximum absolute atomic E-state index is 9.48. The van der Waals surface area contributed by atoms with Gasteiger partial charge in [-0.3, -0.25) is 0 Å². The molecule has 2 aliphatic heterocycles. The highest BCUT2D eigenvalue weighted by Gasteiger charge is 2.51. The van der Waals surface area contributed by atoms with Gasteiger partial charge in [-0.05, 0) is 45.3 Å². The predicted molar refractivity (Wildman–Crippen MR) is 103 cm³/mol. The Morgan fingerprint density at radius 2 is 1.65 bits per heavy atom. The molecule has 5 nitrogen and oxygen atoms in total. The van der Waals surface area contributed by atoms with Crippen molar-refractivity contribution in [2.24, 2.45) is 0 Å². The number of nitrogens with zero attached hydrogens (tertiary/aromatic N) is 1. The molecule has 2 heterocycles. The quantitative estimate of drug-likeness (QED) is 0.774. The molecule has 26 heavy (non-hydrogen) atoms. The van der Waals surface area contributed by atoms with E-state index < -0.39 is 18.3 Å². The summed E-state index contributed by atoms with van der Waals surface area (Å²) in [6, 6.07) is 7.78. The maximum atomic E-state index is 9.48. The maximum Gasteiger partial charge on any atom is 0.494 e. The van der Waals surface area contributed by atoms with Gasteiger partial charge in [-0.2, -0.15) is 5.26 Å². The average Bonchev–Trinajstić information content (AvgIpc) is 2.85. The minimum absolute atomic E-state index is 0.105. The van der Waals surface area contributed by atoms with Crippen LogP contribution in [0, 0.1) is 11.3 Å². The molecule has 2 aliphatic rings.